The average Bonchev–Trinajstić information content (AvgIpc) is 2.57. The summed E-state index contributed by atoms with van der Waals surface area (Å²) in [7, 11) is 0. The Morgan fingerprint density at radius 2 is 1.00 bits per heavy atom. The standard InChI is InChI=1S/C11H6F16O3/c12-3(13)6(16,17)1-29-5(28)30-2-7(18,19)9(22,23)11(26,27)10(24,25)8(20,21)4(14)15/h3-4H,1-2H2. The highest BCUT2D eigenvalue weighted by Crippen LogP contribution is 2.58. The smallest absolute Gasteiger partial charge is 0.428 e. The van der Waals surface area contributed by atoms with Crippen LogP contribution < -0.4 is 0 Å². The summed E-state index contributed by atoms with van der Waals surface area (Å²) < 4.78 is 208. The highest BCUT2D eigenvalue weighted by atomic mass is 19.4. The first-order valence-electron chi connectivity index (χ1n) is 6.61. The zero-order valence-corrected chi connectivity index (χ0v) is 13.3. The Kier molecular flexibility index (Phi) is 7.84. The number of hydrogen-bond acceptors (Lipinski definition) is 3. The fraction of sp³-hybridized carbons (Fsp3) is 0.909. The van der Waals surface area contributed by atoms with Crippen LogP contribution in [0.3, 0.4) is 0 Å². The number of rotatable bonds is 10. The molecule has 0 N–H and O–H groups in total. The molecule has 0 heterocycles. The van der Waals surface area contributed by atoms with Crippen molar-refractivity contribution in [2.45, 2.75) is 48.4 Å². The van der Waals surface area contributed by atoms with Gasteiger partial charge >= 0.3 is 54.5 Å². The number of carbonyl (C=O) groups is 1. The summed E-state index contributed by atoms with van der Waals surface area (Å²) >= 11 is 0. The lowest BCUT2D eigenvalue weighted by Gasteiger charge is -2.38. The van der Waals surface area contributed by atoms with E-state index >= 15 is 0 Å². The predicted octanol–water partition coefficient (Wildman–Crippen LogP) is 5.48. The van der Waals surface area contributed by atoms with Crippen LogP contribution in [0.4, 0.5) is 75.0 Å². The summed E-state index contributed by atoms with van der Waals surface area (Å²) in [6.45, 7) is -6.02. The van der Waals surface area contributed by atoms with Crippen molar-refractivity contribution >= 4 is 6.16 Å². The summed E-state index contributed by atoms with van der Waals surface area (Å²) in [6, 6.07) is 0. The molecule has 0 aliphatic rings. The zero-order valence-electron chi connectivity index (χ0n) is 13.3. The number of carbonyl (C=O) groups excluding carboxylic acids is 1. The fourth-order valence-corrected chi connectivity index (χ4v) is 1.27. The minimum atomic E-state index is -7.89. The molecule has 0 aliphatic heterocycles. The van der Waals surface area contributed by atoms with Gasteiger partial charge < -0.3 is 9.47 Å². The second-order valence-electron chi connectivity index (χ2n) is 5.24. The van der Waals surface area contributed by atoms with Gasteiger partial charge in [-0.25, -0.2) is 22.4 Å². The predicted molar refractivity (Wildman–Crippen MR) is 59.0 cm³/mol. The first kappa shape index (κ1) is 28.1. The van der Waals surface area contributed by atoms with E-state index < -0.39 is 67.8 Å². The molecule has 0 aromatic rings. The van der Waals surface area contributed by atoms with Crippen LogP contribution >= 0.6 is 0 Å². The van der Waals surface area contributed by atoms with E-state index in [-0.39, 0.29) is 0 Å². The van der Waals surface area contributed by atoms with Crippen molar-refractivity contribution in [2.24, 2.45) is 0 Å². The Morgan fingerprint density at radius 3 is 1.37 bits per heavy atom. The summed E-state index contributed by atoms with van der Waals surface area (Å²) in [4.78, 5) is 10.6. The lowest BCUT2D eigenvalue weighted by Crippen LogP contribution is -2.69. The first-order chi connectivity index (χ1) is 13.0. The third-order valence-electron chi connectivity index (χ3n) is 3.01. The molecule has 0 atom stereocenters. The number of halogens is 16. The average molecular weight is 490 g/mol. The third-order valence-corrected chi connectivity index (χ3v) is 3.01. The van der Waals surface area contributed by atoms with Gasteiger partial charge in [-0.3, -0.25) is 0 Å². The molecule has 0 spiro atoms. The molecule has 0 aromatic carbocycles. The van der Waals surface area contributed by atoms with Crippen LogP contribution in [-0.4, -0.2) is 67.8 Å². The highest BCUT2D eigenvalue weighted by molar-refractivity contribution is 5.60. The Bertz CT molecular complexity index is 601. The van der Waals surface area contributed by atoms with E-state index in [4.69, 9.17) is 0 Å². The van der Waals surface area contributed by atoms with Crippen molar-refractivity contribution in [3.8, 4) is 0 Å². The number of hydrogen-bond donors (Lipinski definition) is 0. The molecule has 3 nitrogen and oxygen atoms in total. The van der Waals surface area contributed by atoms with Crippen LogP contribution in [0.2, 0.25) is 0 Å². The van der Waals surface area contributed by atoms with Gasteiger partial charge in [-0.2, -0.15) is 52.7 Å². The first-order valence-corrected chi connectivity index (χ1v) is 6.61. The lowest BCUT2D eigenvalue weighted by molar-refractivity contribution is -0.414. The largest absolute Gasteiger partial charge is 0.508 e. The normalized spacial score (nSPS) is 15.0. The summed E-state index contributed by atoms with van der Waals surface area (Å²) in [5.41, 5.74) is 0. The van der Waals surface area contributed by atoms with Crippen LogP contribution in [0.25, 0.3) is 0 Å². The van der Waals surface area contributed by atoms with Gasteiger partial charge in [0.25, 0.3) is 0 Å². The minimum Gasteiger partial charge on any atom is -0.428 e. The van der Waals surface area contributed by atoms with Gasteiger partial charge in [0, 0.05) is 0 Å². The zero-order chi connectivity index (χ0) is 24.6. The van der Waals surface area contributed by atoms with Crippen LogP contribution in [0.1, 0.15) is 0 Å². The lowest BCUT2D eigenvalue weighted by atomic mass is 9.94. The monoisotopic (exact) mass is 490 g/mol. The molecular weight excluding hydrogens is 484 g/mol. The molecule has 0 fully saturated rings. The van der Waals surface area contributed by atoms with Gasteiger partial charge in [-0.05, 0) is 0 Å². The van der Waals surface area contributed by atoms with Gasteiger partial charge in [0.2, 0.25) is 0 Å². The van der Waals surface area contributed by atoms with E-state index in [1.165, 1.54) is 0 Å². The molecule has 0 saturated heterocycles. The van der Waals surface area contributed by atoms with E-state index in [0.29, 0.717) is 0 Å². The van der Waals surface area contributed by atoms with E-state index in [2.05, 4.69) is 9.47 Å². The van der Waals surface area contributed by atoms with Gasteiger partial charge in [0.15, 0.2) is 13.2 Å². The maximum absolute atomic E-state index is 13.2. The number of ether oxygens (including phenoxy) is 2. The van der Waals surface area contributed by atoms with Crippen molar-refractivity contribution in [3.63, 3.8) is 0 Å². The molecule has 30 heavy (non-hydrogen) atoms. The molecule has 0 rings (SSSR count). The Hall–Kier alpha value is -1.85. The molecular formula is C11H6F16O3. The van der Waals surface area contributed by atoms with E-state index in [1.807, 2.05) is 0 Å². The van der Waals surface area contributed by atoms with E-state index in [9.17, 15) is 75.0 Å². The Labute approximate surface area is 153 Å². The van der Waals surface area contributed by atoms with Crippen LogP contribution in [0, 0.1) is 0 Å². The maximum Gasteiger partial charge on any atom is 0.508 e. The Morgan fingerprint density at radius 1 is 0.600 bits per heavy atom. The molecule has 0 unspecified atom stereocenters. The summed E-state index contributed by atoms with van der Waals surface area (Å²) in [6.07, 6.45) is -13.1. The quantitative estimate of drug-likeness (QED) is 0.301. The minimum absolute atomic E-state index is 2.60. The van der Waals surface area contributed by atoms with Crippen LogP contribution in [-0.2, 0) is 9.47 Å². The van der Waals surface area contributed by atoms with E-state index in [1.54, 1.807) is 0 Å². The van der Waals surface area contributed by atoms with Gasteiger partial charge in [-0.1, -0.05) is 0 Å². The van der Waals surface area contributed by atoms with Gasteiger partial charge in [0.05, 0.1) is 0 Å². The second kappa shape index (κ2) is 8.35. The van der Waals surface area contributed by atoms with Gasteiger partial charge in [-0.15, -0.1) is 0 Å². The SMILES string of the molecule is O=C(OCC(F)(F)C(F)F)OCC(F)(F)C(F)(F)C(F)(F)C(F)(F)C(F)(F)C(F)F. The van der Waals surface area contributed by atoms with Crippen molar-refractivity contribution in [1.29, 1.82) is 0 Å². The van der Waals surface area contributed by atoms with Crippen molar-refractivity contribution < 1.29 is 84.5 Å². The highest BCUT2D eigenvalue weighted by Gasteiger charge is 2.87. The van der Waals surface area contributed by atoms with E-state index in [0.717, 1.165) is 0 Å². The second-order valence-corrected chi connectivity index (χ2v) is 5.24. The third kappa shape index (κ3) is 4.89. The Balaban J connectivity index is 5.50. The molecule has 0 saturated carbocycles. The number of alkyl halides is 16. The molecule has 0 bridgehead atoms. The molecule has 0 aromatic heterocycles. The van der Waals surface area contributed by atoms with Gasteiger partial charge in [0.1, 0.15) is 0 Å². The maximum atomic E-state index is 13.2. The summed E-state index contributed by atoms with van der Waals surface area (Å²) in [5.74, 6) is -42.3. The molecule has 0 amide bonds. The van der Waals surface area contributed by atoms with Crippen molar-refractivity contribution in [3.05, 3.63) is 0 Å². The molecule has 0 radical (unpaired) electrons. The van der Waals surface area contributed by atoms with Crippen LogP contribution in [0.15, 0.2) is 0 Å². The van der Waals surface area contributed by atoms with Crippen LogP contribution in [0.5, 0.6) is 0 Å². The van der Waals surface area contributed by atoms with Crippen molar-refractivity contribution in [1.82, 2.24) is 0 Å². The molecule has 19 heteroatoms. The van der Waals surface area contributed by atoms with Crippen molar-refractivity contribution in [2.75, 3.05) is 13.2 Å². The summed E-state index contributed by atoms with van der Waals surface area (Å²) in [5, 5.41) is 0. The topological polar surface area (TPSA) is 35.5 Å². The molecule has 180 valence electrons. The fourth-order valence-electron chi connectivity index (χ4n) is 1.27. The molecule has 0 aliphatic carbocycles.